The molecule has 1 unspecified atom stereocenters. The summed E-state index contributed by atoms with van der Waals surface area (Å²) in [6, 6.07) is 0. The van der Waals surface area contributed by atoms with Crippen LogP contribution in [0, 0.1) is 10.8 Å². The molecule has 0 aromatic carbocycles. The zero-order valence-corrected chi connectivity index (χ0v) is 14.1. The van der Waals surface area contributed by atoms with Crippen LogP contribution in [0.15, 0.2) is 0 Å². The molecule has 0 rings (SSSR count). The molecule has 0 aliphatic heterocycles. The van der Waals surface area contributed by atoms with Crippen molar-refractivity contribution in [2.45, 2.75) is 54.1 Å². The van der Waals surface area contributed by atoms with E-state index >= 15 is 0 Å². The van der Waals surface area contributed by atoms with Crippen molar-refractivity contribution in [2.24, 2.45) is 10.8 Å². The molecule has 0 saturated heterocycles. The quantitative estimate of drug-likeness (QED) is 0.574. The maximum absolute atomic E-state index is 11.8. The van der Waals surface area contributed by atoms with Crippen molar-refractivity contribution in [3.63, 3.8) is 0 Å². The lowest BCUT2D eigenvalue weighted by Crippen LogP contribution is -2.35. The van der Waals surface area contributed by atoms with Crippen molar-refractivity contribution in [1.82, 2.24) is 0 Å². The smallest absolute Gasteiger partial charge is 0.343 e. The van der Waals surface area contributed by atoms with Crippen molar-refractivity contribution < 1.29 is 33.4 Å². The molecular weight excluding hydrogens is 292 g/mol. The number of rotatable bonds is 4. The van der Waals surface area contributed by atoms with E-state index in [9.17, 15) is 19.2 Å². The largest absolute Gasteiger partial charge is 0.393 e. The van der Waals surface area contributed by atoms with Gasteiger partial charge in [-0.1, -0.05) is 0 Å². The standard InChI is InChI=1S/C15H24O7/c1-14(2,3)12(18)21-10(16)8-9(20-7)11(17)22-13(19)15(4,5)6/h9H,8H2,1-7H3. The Morgan fingerprint density at radius 1 is 0.818 bits per heavy atom. The minimum Gasteiger partial charge on any atom is -0.393 e. The summed E-state index contributed by atoms with van der Waals surface area (Å²) in [5.74, 6) is -3.38. The third kappa shape index (κ3) is 6.80. The summed E-state index contributed by atoms with van der Waals surface area (Å²) in [6.07, 6.45) is -1.83. The molecule has 0 saturated carbocycles. The van der Waals surface area contributed by atoms with Crippen LogP contribution in [-0.2, 0) is 33.4 Å². The molecule has 0 aliphatic carbocycles. The van der Waals surface area contributed by atoms with Gasteiger partial charge in [-0.15, -0.1) is 0 Å². The molecule has 126 valence electrons. The van der Waals surface area contributed by atoms with Crippen LogP contribution in [0.1, 0.15) is 48.0 Å². The van der Waals surface area contributed by atoms with E-state index in [1.165, 1.54) is 7.11 Å². The second-order valence-corrected chi connectivity index (χ2v) is 6.90. The number of carbonyl (C=O) groups excluding carboxylic acids is 4. The second kappa shape index (κ2) is 7.49. The summed E-state index contributed by atoms with van der Waals surface area (Å²) in [7, 11) is 1.19. The van der Waals surface area contributed by atoms with Gasteiger partial charge in [0.2, 0.25) is 0 Å². The van der Waals surface area contributed by atoms with Gasteiger partial charge >= 0.3 is 23.9 Å². The van der Waals surface area contributed by atoms with Gasteiger partial charge < -0.3 is 14.2 Å². The van der Waals surface area contributed by atoms with Crippen LogP contribution in [0.4, 0.5) is 0 Å². The molecular formula is C15H24O7. The van der Waals surface area contributed by atoms with Crippen molar-refractivity contribution in [3.05, 3.63) is 0 Å². The van der Waals surface area contributed by atoms with E-state index in [1.807, 2.05) is 0 Å². The van der Waals surface area contributed by atoms with E-state index in [0.29, 0.717) is 0 Å². The Bertz CT molecular complexity index is 451. The molecule has 7 nitrogen and oxygen atoms in total. The number of esters is 4. The van der Waals surface area contributed by atoms with Crippen LogP contribution in [0.2, 0.25) is 0 Å². The first-order valence-electron chi connectivity index (χ1n) is 6.83. The lowest BCUT2D eigenvalue weighted by Gasteiger charge is -2.19. The van der Waals surface area contributed by atoms with Crippen LogP contribution in [0.3, 0.4) is 0 Å². The highest BCUT2D eigenvalue weighted by atomic mass is 16.6. The van der Waals surface area contributed by atoms with Gasteiger partial charge in [-0.3, -0.25) is 14.4 Å². The number of methoxy groups -OCH3 is 1. The first-order valence-corrected chi connectivity index (χ1v) is 6.83. The molecule has 0 bridgehead atoms. The van der Waals surface area contributed by atoms with E-state index in [0.717, 1.165) is 0 Å². The highest BCUT2D eigenvalue weighted by molar-refractivity contribution is 5.94. The number of ether oxygens (including phenoxy) is 3. The average molecular weight is 316 g/mol. The molecule has 0 fully saturated rings. The van der Waals surface area contributed by atoms with Gasteiger partial charge in [0.25, 0.3) is 0 Å². The van der Waals surface area contributed by atoms with Crippen molar-refractivity contribution in [3.8, 4) is 0 Å². The Morgan fingerprint density at radius 3 is 1.59 bits per heavy atom. The fourth-order valence-corrected chi connectivity index (χ4v) is 1.02. The molecule has 0 aliphatic rings. The van der Waals surface area contributed by atoms with Gasteiger partial charge in [0, 0.05) is 7.11 Å². The normalized spacial score (nSPS) is 13.2. The monoisotopic (exact) mass is 316 g/mol. The number of carbonyl (C=O) groups is 4. The van der Waals surface area contributed by atoms with Gasteiger partial charge in [0.15, 0.2) is 6.10 Å². The van der Waals surface area contributed by atoms with Crippen molar-refractivity contribution in [1.29, 1.82) is 0 Å². The Kier molecular flexibility index (Phi) is 6.89. The van der Waals surface area contributed by atoms with E-state index < -0.39 is 47.2 Å². The lowest BCUT2D eigenvalue weighted by molar-refractivity contribution is -0.177. The van der Waals surface area contributed by atoms with E-state index in [2.05, 4.69) is 9.47 Å². The van der Waals surface area contributed by atoms with Gasteiger partial charge in [0.1, 0.15) is 0 Å². The first kappa shape index (κ1) is 20.2. The van der Waals surface area contributed by atoms with Crippen molar-refractivity contribution in [2.75, 3.05) is 7.11 Å². The highest BCUT2D eigenvalue weighted by Gasteiger charge is 2.33. The Balaban J connectivity index is 4.66. The van der Waals surface area contributed by atoms with Gasteiger partial charge in [0.05, 0.1) is 17.3 Å². The molecule has 0 aromatic heterocycles. The maximum Gasteiger partial charge on any atom is 0.343 e. The Hall–Kier alpha value is -1.76. The number of hydrogen-bond acceptors (Lipinski definition) is 7. The molecule has 0 aromatic rings. The molecule has 7 heteroatoms. The second-order valence-electron chi connectivity index (χ2n) is 6.90. The maximum atomic E-state index is 11.8. The van der Waals surface area contributed by atoms with Crippen LogP contribution in [0.25, 0.3) is 0 Å². The zero-order valence-electron chi connectivity index (χ0n) is 14.1. The van der Waals surface area contributed by atoms with Crippen LogP contribution < -0.4 is 0 Å². The number of hydrogen-bond donors (Lipinski definition) is 0. The molecule has 0 heterocycles. The molecule has 0 N–H and O–H groups in total. The van der Waals surface area contributed by atoms with E-state index in [-0.39, 0.29) is 0 Å². The fraction of sp³-hybridized carbons (Fsp3) is 0.733. The minimum absolute atomic E-state index is 0.519. The predicted octanol–water partition coefficient (Wildman–Crippen LogP) is 1.62. The summed E-state index contributed by atoms with van der Waals surface area (Å²) in [6.45, 7) is 9.52. The summed E-state index contributed by atoms with van der Waals surface area (Å²) in [5.41, 5.74) is -1.71. The predicted molar refractivity (Wildman–Crippen MR) is 76.5 cm³/mol. The third-order valence-corrected chi connectivity index (χ3v) is 2.52. The average Bonchev–Trinajstić information content (AvgIpc) is 2.33. The highest BCUT2D eigenvalue weighted by Crippen LogP contribution is 2.18. The van der Waals surface area contributed by atoms with Crippen LogP contribution >= 0.6 is 0 Å². The molecule has 0 radical (unpaired) electrons. The Morgan fingerprint density at radius 2 is 1.23 bits per heavy atom. The molecule has 1 atom stereocenters. The summed E-state index contributed by atoms with van der Waals surface area (Å²) in [4.78, 5) is 46.6. The van der Waals surface area contributed by atoms with E-state index in [1.54, 1.807) is 41.5 Å². The van der Waals surface area contributed by atoms with Crippen LogP contribution in [-0.4, -0.2) is 37.1 Å². The van der Waals surface area contributed by atoms with Crippen LogP contribution in [0.5, 0.6) is 0 Å². The van der Waals surface area contributed by atoms with Gasteiger partial charge in [-0.2, -0.15) is 0 Å². The zero-order chi connectivity index (χ0) is 17.7. The summed E-state index contributed by atoms with van der Waals surface area (Å²) in [5, 5.41) is 0. The molecule has 0 amide bonds. The summed E-state index contributed by atoms with van der Waals surface area (Å²) >= 11 is 0. The fourth-order valence-electron chi connectivity index (χ4n) is 1.02. The minimum atomic E-state index is -1.31. The van der Waals surface area contributed by atoms with Crippen molar-refractivity contribution >= 4 is 23.9 Å². The molecule has 0 spiro atoms. The summed E-state index contributed by atoms with van der Waals surface area (Å²) < 4.78 is 14.1. The van der Waals surface area contributed by atoms with Gasteiger partial charge in [-0.05, 0) is 41.5 Å². The lowest BCUT2D eigenvalue weighted by atomic mass is 9.97. The third-order valence-electron chi connectivity index (χ3n) is 2.52. The Labute approximate surface area is 130 Å². The SMILES string of the molecule is COC(CC(=O)OC(=O)C(C)(C)C)C(=O)OC(=O)C(C)(C)C. The first-order chi connectivity index (χ1) is 9.78. The van der Waals surface area contributed by atoms with E-state index in [4.69, 9.17) is 4.74 Å². The molecule has 22 heavy (non-hydrogen) atoms. The van der Waals surface area contributed by atoms with Gasteiger partial charge in [-0.25, -0.2) is 4.79 Å². The topological polar surface area (TPSA) is 96.0 Å².